The molecule has 25 heavy (non-hydrogen) atoms. The summed E-state index contributed by atoms with van der Waals surface area (Å²) in [6, 6.07) is 7.66. The minimum Gasteiger partial charge on any atom is -0.484 e. The van der Waals surface area contributed by atoms with Gasteiger partial charge in [-0.15, -0.1) is 0 Å². The maximum Gasteiger partial charge on any atom is 0.422 e. The molecule has 0 saturated carbocycles. The van der Waals surface area contributed by atoms with E-state index in [2.05, 4.69) is 10.1 Å². The molecule has 1 amide bonds. The Kier molecular flexibility index (Phi) is 5.35. The van der Waals surface area contributed by atoms with E-state index in [0.717, 1.165) is 6.07 Å². The molecular formula is C16H14F3NO5. The number of rotatable bonds is 6. The van der Waals surface area contributed by atoms with E-state index in [0.29, 0.717) is 5.56 Å². The Balaban J connectivity index is 1.96. The zero-order chi connectivity index (χ0) is 18.6. The predicted molar refractivity (Wildman–Crippen MR) is 79.5 cm³/mol. The minimum absolute atomic E-state index is 0.0525. The Morgan fingerprint density at radius 1 is 1.16 bits per heavy atom. The molecule has 0 aliphatic heterocycles. The van der Waals surface area contributed by atoms with Crippen molar-refractivity contribution in [3.63, 3.8) is 0 Å². The normalized spacial score (nSPS) is 12.5. The molecule has 0 fully saturated rings. The summed E-state index contributed by atoms with van der Waals surface area (Å²) in [6.07, 6.45) is -4.42. The number of nitrogens with one attached hydrogen (secondary N) is 1. The first-order valence-corrected chi connectivity index (χ1v) is 7.09. The van der Waals surface area contributed by atoms with Crippen LogP contribution >= 0.6 is 0 Å². The second-order valence-corrected chi connectivity index (χ2v) is 5.14. The van der Waals surface area contributed by atoms with Gasteiger partial charge in [-0.1, -0.05) is 12.1 Å². The standard InChI is InChI=1S/C16H14F3NO5/c1-9(20-14(21)12-6-7-13(25-12)15(22)23)10-2-4-11(5-3-10)24-8-16(17,18)19/h2-7,9H,8H2,1H3,(H,20,21)(H,22,23). The number of benzene rings is 1. The number of hydrogen-bond donors (Lipinski definition) is 2. The maximum absolute atomic E-state index is 12.1. The zero-order valence-electron chi connectivity index (χ0n) is 13.0. The SMILES string of the molecule is CC(NC(=O)c1ccc(C(=O)O)o1)c1ccc(OCC(F)(F)F)cc1. The lowest BCUT2D eigenvalue weighted by Gasteiger charge is -2.14. The second kappa shape index (κ2) is 7.29. The van der Waals surface area contributed by atoms with Gasteiger partial charge in [-0.05, 0) is 36.8 Å². The maximum atomic E-state index is 12.1. The lowest BCUT2D eigenvalue weighted by Crippen LogP contribution is -2.26. The first kappa shape index (κ1) is 18.4. The Morgan fingerprint density at radius 3 is 2.28 bits per heavy atom. The molecule has 0 saturated heterocycles. The van der Waals surface area contributed by atoms with Crippen LogP contribution in [0.5, 0.6) is 5.75 Å². The van der Waals surface area contributed by atoms with Gasteiger partial charge in [0.1, 0.15) is 5.75 Å². The number of carbonyl (C=O) groups excluding carboxylic acids is 1. The fourth-order valence-corrected chi connectivity index (χ4v) is 1.94. The summed E-state index contributed by atoms with van der Waals surface area (Å²) >= 11 is 0. The fraction of sp³-hybridized carbons (Fsp3) is 0.250. The highest BCUT2D eigenvalue weighted by atomic mass is 19.4. The molecule has 1 heterocycles. The molecule has 1 aromatic carbocycles. The Morgan fingerprint density at radius 2 is 1.76 bits per heavy atom. The number of aromatic carboxylic acids is 1. The van der Waals surface area contributed by atoms with Crippen LogP contribution in [0.4, 0.5) is 13.2 Å². The van der Waals surface area contributed by atoms with E-state index in [1.54, 1.807) is 6.92 Å². The third-order valence-electron chi connectivity index (χ3n) is 3.17. The highest BCUT2D eigenvalue weighted by molar-refractivity contribution is 5.93. The number of amides is 1. The van der Waals surface area contributed by atoms with Gasteiger partial charge in [0.05, 0.1) is 6.04 Å². The Hall–Kier alpha value is -2.97. The zero-order valence-corrected chi connectivity index (χ0v) is 13.0. The van der Waals surface area contributed by atoms with Gasteiger partial charge in [0.15, 0.2) is 12.4 Å². The van der Waals surface area contributed by atoms with Crippen LogP contribution in [0.2, 0.25) is 0 Å². The van der Waals surface area contributed by atoms with Crippen molar-refractivity contribution in [3.8, 4) is 5.75 Å². The average Bonchev–Trinajstić information content (AvgIpc) is 3.03. The summed E-state index contributed by atoms with van der Waals surface area (Å²) in [5.74, 6) is -2.37. The number of carboxylic acids is 1. The molecule has 0 aliphatic rings. The van der Waals surface area contributed by atoms with Crippen LogP contribution in [-0.2, 0) is 0 Å². The molecule has 9 heteroatoms. The summed E-state index contributed by atoms with van der Waals surface area (Å²) in [6.45, 7) is 0.271. The number of ether oxygens (including phenoxy) is 1. The van der Waals surface area contributed by atoms with Gasteiger partial charge in [-0.2, -0.15) is 13.2 Å². The number of hydrogen-bond acceptors (Lipinski definition) is 4. The van der Waals surface area contributed by atoms with E-state index in [1.807, 2.05) is 0 Å². The molecule has 2 N–H and O–H groups in total. The lowest BCUT2D eigenvalue weighted by molar-refractivity contribution is -0.153. The molecular weight excluding hydrogens is 343 g/mol. The van der Waals surface area contributed by atoms with Gasteiger partial charge in [0, 0.05) is 0 Å². The molecule has 1 aromatic heterocycles. The molecule has 2 rings (SSSR count). The molecule has 6 nitrogen and oxygen atoms in total. The molecule has 1 atom stereocenters. The van der Waals surface area contributed by atoms with Gasteiger partial charge < -0.3 is 19.6 Å². The molecule has 0 aliphatic carbocycles. The number of halogens is 3. The van der Waals surface area contributed by atoms with Crippen molar-refractivity contribution in [1.29, 1.82) is 0 Å². The monoisotopic (exact) mass is 357 g/mol. The van der Waals surface area contributed by atoms with Crippen molar-refractivity contribution in [2.45, 2.75) is 19.1 Å². The molecule has 2 aromatic rings. The summed E-state index contributed by atoms with van der Waals surface area (Å²) in [5.41, 5.74) is 0.623. The molecule has 134 valence electrons. The summed E-state index contributed by atoms with van der Waals surface area (Å²) in [7, 11) is 0. The van der Waals surface area contributed by atoms with Gasteiger partial charge in [0.2, 0.25) is 5.76 Å². The van der Waals surface area contributed by atoms with Crippen molar-refractivity contribution < 1.29 is 37.0 Å². The quantitative estimate of drug-likeness (QED) is 0.827. The summed E-state index contributed by atoms with van der Waals surface area (Å²) in [5, 5.41) is 11.3. The average molecular weight is 357 g/mol. The Bertz CT molecular complexity index is 752. The van der Waals surface area contributed by atoms with Gasteiger partial charge in [-0.25, -0.2) is 4.79 Å². The third kappa shape index (κ3) is 5.27. The van der Waals surface area contributed by atoms with E-state index < -0.39 is 30.7 Å². The van der Waals surface area contributed by atoms with E-state index in [4.69, 9.17) is 9.52 Å². The highest BCUT2D eigenvalue weighted by Gasteiger charge is 2.28. The van der Waals surface area contributed by atoms with Crippen molar-refractivity contribution in [3.05, 3.63) is 53.5 Å². The number of furan rings is 1. The number of carboxylic acid groups (broad SMARTS) is 1. The topological polar surface area (TPSA) is 88.8 Å². The summed E-state index contributed by atoms with van der Waals surface area (Å²) < 4.78 is 45.7. The Labute approximate surface area is 140 Å². The van der Waals surface area contributed by atoms with Crippen molar-refractivity contribution in [2.75, 3.05) is 6.61 Å². The van der Waals surface area contributed by atoms with Gasteiger partial charge in [0.25, 0.3) is 5.91 Å². The van der Waals surface area contributed by atoms with E-state index in [1.165, 1.54) is 30.3 Å². The number of alkyl halides is 3. The predicted octanol–water partition coefficient (Wildman–Crippen LogP) is 3.41. The van der Waals surface area contributed by atoms with Crippen LogP contribution < -0.4 is 10.1 Å². The van der Waals surface area contributed by atoms with Crippen molar-refractivity contribution in [2.24, 2.45) is 0 Å². The third-order valence-corrected chi connectivity index (χ3v) is 3.17. The number of carbonyl (C=O) groups is 2. The first-order chi connectivity index (χ1) is 11.7. The first-order valence-electron chi connectivity index (χ1n) is 7.09. The van der Waals surface area contributed by atoms with E-state index >= 15 is 0 Å². The van der Waals surface area contributed by atoms with Crippen molar-refractivity contribution >= 4 is 11.9 Å². The van der Waals surface area contributed by atoms with Gasteiger partial charge in [-0.3, -0.25) is 4.79 Å². The van der Waals surface area contributed by atoms with Crippen LogP contribution in [0.3, 0.4) is 0 Å². The van der Waals surface area contributed by atoms with E-state index in [9.17, 15) is 22.8 Å². The molecule has 0 spiro atoms. The lowest BCUT2D eigenvalue weighted by atomic mass is 10.1. The van der Waals surface area contributed by atoms with Crippen LogP contribution in [0, 0.1) is 0 Å². The van der Waals surface area contributed by atoms with Gasteiger partial charge >= 0.3 is 12.1 Å². The van der Waals surface area contributed by atoms with E-state index in [-0.39, 0.29) is 17.3 Å². The smallest absolute Gasteiger partial charge is 0.422 e. The summed E-state index contributed by atoms with van der Waals surface area (Å²) in [4.78, 5) is 22.7. The van der Waals surface area contributed by atoms with Crippen LogP contribution in [0.1, 0.15) is 39.6 Å². The van der Waals surface area contributed by atoms with Crippen LogP contribution in [0.15, 0.2) is 40.8 Å². The van der Waals surface area contributed by atoms with Crippen LogP contribution in [-0.4, -0.2) is 29.8 Å². The van der Waals surface area contributed by atoms with Crippen molar-refractivity contribution in [1.82, 2.24) is 5.32 Å². The van der Waals surface area contributed by atoms with Crippen LogP contribution in [0.25, 0.3) is 0 Å². The minimum atomic E-state index is -4.42. The second-order valence-electron chi connectivity index (χ2n) is 5.14. The molecule has 1 unspecified atom stereocenters. The highest BCUT2D eigenvalue weighted by Crippen LogP contribution is 2.21. The molecule has 0 bridgehead atoms. The largest absolute Gasteiger partial charge is 0.484 e. The fourth-order valence-electron chi connectivity index (χ4n) is 1.94. The molecule has 0 radical (unpaired) electrons.